The predicted octanol–water partition coefficient (Wildman–Crippen LogP) is 2.91. The second kappa shape index (κ2) is 6.26. The molecular weight excluding hydrogens is 268 g/mol. The van der Waals surface area contributed by atoms with Gasteiger partial charge < -0.3 is 15.4 Å². The first-order valence-electron chi connectivity index (χ1n) is 5.36. The summed E-state index contributed by atoms with van der Waals surface area (Å²) < 4.78 is 53.8. The summed E-state index contributed by atoms with van der Waals surface area (Å²) >= 11 is 0. The zero-order valence-electron chi connectivity index (χ0n) is 9.97. The van der Waals surface area contributed by atoms with E-state index in [1.807, 2.05) is 0 Å². The maximum absolute atomic E-state index is 13.4. The van der Waals surface area contributed by atoms with Crippen molar-refractivity contribution in [1.82, 2.24) is 5.32 Å². The Morgan fingerprint density at radius 3 is 2.58 bits per heavy atom. The molecule has 0 unspecified atom stereocenters. The highest BCUT2D eigenvalue weighted by molar-refractivity contribution is 5.89. The Balaban J connectivity index is 2.58. The monoisotopic (exact) mass is 280 g/mol. The van der Waals surface area contributed by atoms with Crippen LogP contribution >= 0.6 is 0 Å². The van der Waals surface area contributed by atoms with E-state index >= 15 is 0 Å². The number of carbonyl (C=O) groups is 1. The number of nitrogens with one attached hydrogen (secondary N) is 2. The minimum Gasteiger partial charge on any atom is -0.491 e. The van der Waals surface area contributed by atoms with Crippen LogP contribution in [0, 0.1) is 5.82 Å². The van der Waals surface area contributed by atoms with Gasteiger partial charge in [-0.15, -0.1) is 0 Å². The summed E-state index contributed by atoms with van der Waals surface area (Å²) in [4.78, 5) is 11.1. The molecule has 0 aliphatic carbocycles. The molecule has 19 heavy (non-hydrogen) atoms. The van der Waals surface area contributed by atoms with Crippen LogP contribution in [0.4, 0.5) is 28.0 Å². The molecule has 0 saturated carbocycles. The number of anilines is 1. The Morgan fingerprint density at radius 2 is 2.05 bits per heavy atom. The van der Waals surface area contributed by atoms with E-state index in [1.165, 1.54) is 12.1 Å². The summed E-state index contributed by atoms with van der Waals surface area (Å²) in [5.41, 5.74) is 0.0284. The first-order chi connectivity index (χ1) is 8.81. The summed E-state index contributed by atoms with van der Waals surface area (Å²) in [6, 6.07) is 2.48. The number of benzene rings is 1. The van der Waals surface area contributed by atoms with E-state index in [9.17, 15) is 22.4 Å². The van der Waals surface area contributed by atoms with Gasteiger partial charge in [0.2, 0.25) is 0 Å². The lowest BCUT2D eigenvalue weighted by molar-refractivity contribution is -0.122. The third-order valence-electron chi connectivity index (χ3n) is 1.94. The Bertz CT molecular complexity index is 449. The van der Waals surface area contributed by atoms with E-state index in [4.69, 9.17) is 4.74 Å². The van der Waals surface area contributed by atoms with Crippen LogP contribution in [0.25, 0.3) is 0 Å². The zero-order valence-corrected chi connectivity index (χ0v) is 9.97. The highest BCUT2D eigenvalue weighted by Crippen LogP contribution is 2.21. The molecule has 8 heteroatoms. The number of alkyl halides is 3. The van der Waals surface area contributed by atoms with Crippen molar-refractivity contribution in [3.63, 3.8) is 0 Å². The van der Waals surface area contributed by atoms with Crippen molar-refractivity contribution < 1.29 is 27.1 Å². The van der Waals surface area contributed by atoms with Crippen LogP contribution < -0.4 is 15.4 Å². The van der Waals surface area contributed by atoms with E-state index in [0.717, 1.165) is 6.07 Å². The fourth-order valence-corrected chi connectivity index (χ4v) is 1.21. The number of ether oxygens (including phenoxy) is 1. The minimum absolute atomic E-state index is 0.00347. The molecule has 0 saturated heterocycles. The Morgan fingerprint density at radius 1 is 1.37 bits per heavy atom. The molecule has 0 aliphatic heterocycles. The molecule has 0 bridgehead atoms. The van der Waals surface area contributed by atoms with Crippen molar-refractivity contribution in [2.75, 3.05) is 18.5 Å². The molecule has 0 fully saturated rings. The largest absolute Gasteiger partial charge is 0.491 e. The molecule has 1 rings (SSSR count). The van der Waals surface area contributed by atoms with Gasteiger partial charge in [0.05, 0.1) is 6.61 Å². The molecule has 0 atom stereocenters. The average Bonchev–Trinajstić information content (AvgIpc) is 2.29. The summed E-state index contributed by atoms with van der Waals surface area (Å²) in [5, 5.41) is 3.68. The predicted molar refractivity (Wildman–Crippen MR) is 60.6 cm³/mol. The quantitative estimate of drug-likeness (QED) is 0.833. The van der Waals surface area contributed by atoms with Gasteiger partial charge in [-0.1, -0.05) is 0 Å². The molecule has 0 radical (unpaired) electrons. The second-order valence-corrected chi connectivity index (χ2v) is 3.50. The van der Waals surface area contributed by atoms with Gasteiger partial charge in [-0.25, -0.2) is 9.18 Å². The molecule has 0 heterocycles. The lowest BCUT2D eigenvalue weighted by Gasteiger charge is -2.10. The fraction of sp³-hybridized carbons (Fsp3) is 0.364. The van der Waals surface area contributed by atoms with Gasteiger partial charge in [-0.2, -0.15) is 13.2 Å². The van der Waals surface area contributed by atoms with Gasteiger partial charge in [0.1, 0.15) is 6.54 Å². The van der Waals surface area contributed by atoms with Gasteiger partial charge in [0.15, 0.2) is 11.6 Å². The third kappa shape index (κ3) is 5.45. The lowest BCUT2D eigenvalue weighted by atomic mass is 10.3. The minimum atomic E-state index is -4.50. The van der Waals surface area contributed by atoms with Crippen molar-refractivity contribution >= 4 is 11.7 Å². The number of amides is 2. The van der Waals surface area contributed by atoms with Crippen molar-refractivity contribution in [2.24, 2.45) is 0 Å². The van der Waals surface area contributed by atoms with E-state index in [2.05, 4.69) is 5.32 Å². The van der Waals surface area contributed by atoms with Crippen molar-refractivity contribution in [3.05, 3.63) is 24.0 Å². The SMILES string of the molecule is CCOc1ccc(NC(=O)NCC(F)(F)F)cc1F. The molecule has 106 valence electrons. The molecule has 1 aromatic rings. The van der Waals surface area contributed by atoms with Gasteiger partial charge in [0, 0.05) is 11.8 Å². The highest BCUT2D eigenvalue weighted by atomic mass is 19.4. The normalized spacial score (nSPS) is 11.0. The van der Waals surface area contributed by atoms with Crippen LogP contribution in [0.15, 0.2) is 18.2 Å². The lowest BCUT2D eigenvalue weighted by Crippen LogP contribution is -2.36. The summed E-state index contributed by atoms with van der Waals surface area (Å²) in [7, 11) is 0. The average molecular weight is 280 g/mol. The molecule has 0 spiro atoms. The zero-order chi connectivity index (χ0) is 14.5. The van der Waals surface area contributed by atoms with Crippen molar-refractivity contribution in [2.45, 2.75) is 13.1 Å². The number of urea groups is 1. The topological polar surface area (TPSA) is 50.4 Å². The van der Waals surface area contributed by atoms with Gasteiger partial charge in [-0.05, 0) is 19.1 Å². The Hall–Kier alpha value is -1.99. The van der Waals surface area contributed by atoms with E-state index in [0.29, 0.717) is 0 Å². The Kier molecular flexibility index (Phi) is 4.96. The standard InChI is InChI=1S/C11H12F4N2O2/c1-2-19-9-4-3-7(5-8(9)12)17-10(18)16-6-11(13,14)15/h3-5H,2,6H2,1H3,(H2,16,17,18). The van der Waals surface area contributed by atoms with Crippen LogP contribution in [0.2, 0.25) is 0 Å². The maximum atomic E-state index is 13.4. The molecule has 1 aromatic carbocycles. The number of hydrogen-bond donors (Lipinski definition) is 2. The third-order valence-corrected chi connectivity index (χ3v) is 1.94. The van der Waals surface area contributed by atoms with Crippen LogP contribution in [-0.2, 0) is 0 Å². The van der Waals surface area contributed by atoms with Crippen LogP contribution in [0.3, 0.4) is 0 Å². The maximum Gasteiger partial charge on any atom is 0.405 e. The number of rotatable bonds is 4. The van der Waals surface area contributed by atoms with Crippen molar-refractivity contribution in [1.29, 1.82) is 0 Å². The van der Waals surface area contributed by atoms with Gasteiger partial charge in [0.25, 0.3) is 0 Å². The van der Waals surface area contributed by atoms with Gasteiger partial charge >= 0.3 is 12.2 Å². The van der Waals surface area contributed by atoms with Crippen LogP contribution in [0.5, 0.6) is 5.75 Å². The molecule has 4 nitrogen and oxygen atoms in total. The van der Waals surface area contributed by atoms with Crippen LogP contribution in [0.1, 0.15) is 6.92 Å². The molecule has 2 N–H and O–H groups in total. The number of carbonyl (C=O) groups excluding carboxylic acids is 1. The van der Waals surface area contributed by atoms with E-state index < -0.39 is 24.6 Å². The molecule has 0 aromatic heterocycles. The summed E-state index contributed by atoms with van der Waals surface area (Å²) in [6.07, 6.45) is -4.50. The summed E-state index contributed by atoms with van der Waals surface area (Å²) in [6.45, 7) is 0.490. The van der Waals surface area contributed by atoms with Gasteiger partial charge in [-0.3, -0.25) is 0 Å². The number of hydrogen-bond acceptors (Lipinski definition) is 2. The second-order valence-electron chi connectivity index (χ2n) is 3.50. The van der Waals surface area contributed by atoms with E-state index in [-0.39, 0.29) is 18.0 Å². The van der Waals surface area contributed by atoms with Crippen molar-refractivity contribution in [3.8, 4) is 5.75 Å². The fourth-order valence-electron chi connectivity index (χ4n) is 1.21. The first kappa shape index (κ1) is 15.1. The first-order valence-corrected chi connectivity index (χ1v) is 5.36. The molecule has 2 amide bonds. The van der Waals surface area contributed by atoms with Crippen LogP contribution in [-0.4, -0.2) is 25.4 Å². The number of halogens is 4. The smallest absolute Gasteiger partial charge is 0.405 e. The van der Waals surface area contributed by atoms with E-state index in [1.54, 1.807) is 12.2 Å². The molecular formula is C11H12F4N2O2. The summed E-state index contributed by atoms with van der Waals surface area (Å²) in [5.74, 6) is -0.709. The Labute approximate surface area is 106 Å². The highest BCUT2D eigenvalue weighted by Gasteiger charge is 2.27. The molecule has 0 aliphatic rings.